The highest BCUT2D eigenvalue weighted by atomic mass is 16.5. The second kappa shape index (κ2) is 7.82. The molecule has 0 saturated carbocycles. The normalized spacial score (nSPS) is 17.2. The third-order valence-electron chi connectivity index (χ3n) is 6.26. The zero-order valence-electron chi connectivity index (χ0n) is 16.8. The first-order valence-corrected chi connectivity index (χ1v) is 10.5. The zero-order chi connectivity index (χ0) is 20.5. The van der Waals surface area contributed by atoms with E-state index in [1.165, 1.54) is 28.7 Å². The van der Waals surface area contributed by atoms with E-state index < -0.39 is 5.97 Å². The van der Waals surface area contributed by atoms with Gasteiger partial charge in [0.25, 0.3) is 0 Å². The first-order chi connectivity index (χ1) is 14.7. The Morgan fingerprint density at radius 2 is 2.10 bits per heavy atom. The van der Waals surface area contributed by atoms with E-state index in [-0.39, 0.29) is 0 Å². The Kier molecular flexibility index (Phi) is 4.87. The van der Waals surface area contributed by atoms with Gasteiger partial charge in [0.1, 0.15) is 5.75 Å². The molecule has 0 amide bonds. The molecule has 5 heteroatoms. The van der Waals surface area contributed by atoms with Gasteiger partial charge >= 0.3 is 5.97 Å². The molecule has 1 aromatic heterocycles. The lowest BCUT2D eigenvalue weighted by atomic mass is 9.87. The molecule has 0 fully saturated rings. The topological polar surface area (TPSA) is 62.7 Å². The Labute approximate surface area is 176 Å². The Balaban J connectivity index is 1.36. The average molecular weight is 400 g/mol. The van der Waals surface area contributed by atoms with Crippen molar-refractivity contribution < 1.29 is 14.6 Å². The van der Waals surface area contributed by atoms with Crippen LogP contribution in [0.25, 0.3) is 0 Å². The van der Waals surface area contributed by atoms with Crippen LogP contribution < -0.4 is 9.64 Å². The predicted octanol–water partition coefficient (Wildman–Crippen LogP) is 4.97. The van der Waals surface area contributed by atoms with Crippen molar-refractivity contribution in [3.8, 4) is 5.75 Å². The second-order valence-corrected chi connectivity index (χ2v) is 7.96. The highest BCUT2D eigenvalue weighted by Gasteiger charge is 2.25. The van der Waals surface area contributed by atoms with Crippen molar-refractivity contribution in [3.63, 3.8) is 0 Å². The van der Waals surface area contributed by atoms with Crippen molar-refractivity contribution in [2.75, 3.05) is 18.1 Å². The lowest BCUT2D eigenvalue weighted by molar-refractivity contribution is 0.0695. The summed E-state index contributed by atoms with van der Waals surface area (Å²) >= 11 is 0. The number of aryl methyl sites for hydroxylation is 1. The molecule has 2 aromatic carbocycles. The lowest BCUT2D eigenvalue weighted by Gasteiger charge is -2.28. The van der Waals surface area contributed by atoms with Crippen molar-refractivity contribution in [3.05, 3.63) is 83.2 Å². The summed E-state index contributed by atoms with van der Waals surface area (Å²) in [6, 6.07) is 16.7. The van der Waals surface area contributed by atoms with Crippen molar-refractivity contribution >= 4 is 17.3 Å². The lowest BCUT2D eigenvalue weighted by Crippen LogP contribution is -2.17. The maximum absolute atomic E-state index is 11.5. The van der Waals surface area contributed by atoms with Gasteiger partial charge in [0, 0.05) is 36.4 Å². The Hall–Kier alpha value is -3.34. The monoisotopic (exact) mass is 400 g/mol. The summed E-state index contributed by atoms with van der Waals surface area (Å²) in [6.07, 6.45) is 6.80. The van der Waals surface area contributed by atoms with E-state index in [2.05, 4.69) is 52.3 Å². The fourth-order valence-electron chi connectivity index (χ4n) is 4.69. The first kappa shape index (κ1) is 18.7. The van der Waals surface area contributed by atoms with E-state index in [0.717, 1.165) is 37.1 Å². The number of ether oxygens (including phenoxy) is 1. The minimum absolute atomic E-state index is 0.348. The SMILES string of the molecule is O=C(O)c1ccncc1CCC1CCOc2cc(N3CCc4ccccc43)ccc21. The van der Waals surface area contributed by atoms with Crippen molar-refractivity contribution in [2.24, 2.45) is 0 Å². The summed E-state index contributed by atoms with van der Waals surface area (Å²) in [4.78, 5) is 17.9. The van der Waals surface area contributed by atoms with E-state index >= 15 is 0 Å². The van der Waals surface area contributed by atoms with E-state index in [1.54, 1.807) is 12.3 Å². The molecule has 0 aliphatic carbocycles. The molecule has 5 rings (SSSR count). The smallest absolute Gasteiger partial charge is 0.336 e. The van der Waals surface area contributed by atoms with Crippen LogP contribution in [0, 0.1) is 0 Å². The molecule has 0 spiro atoms. The summed E-state index contributed by atoms with van der Waals surface area (Å²) < 4.78 is 6.02. The molecule has 1 N–H and O–H groups in total. The minimum Gasteiger partial charge on any atom is -0.493 e. The number of carboxylic acids is 1. The number of hydrogen-bond donors (Lipinski definition) is 1. The molecule has 3 aromatic rings. The maximum Gasteiger partial charge on any atom is 0.336 e. The fourth-order valence-corrected chi connectivity index (χ4v) is 4.69. The molecular formula is C25H24N2O3. The first-order valence-electron chi connectivity index (χ1n) is 10.5. The number of rotatable bonds is 5. The number of anilines is 2. The summed E-state index contributed by atoms with van der Waals surface area (Å²) in [5.74, 6) is 0.420. The van der Waals surface area contributed by atoms with Crippen LogP contribution in [-0.4, -0.2) is 29.2 Å². The van der Waals surface area contributed by atoms with Crippen LogP contribution in [-0.2, 0) is 12.8 Å². The molecule has 5 nitrogen and oxygen atoms in total. The molecule has 30 heavy (non-hydrogen) atoms. The standard InChI is InChI=1S/C25H24N2O3/c28-25(29)22-9-12-26-16-19(22)6-5-17-11-14-30-24-15-20(7-8-21(17)24)27-13-10-18-3-1-2-4-23(18)27/h1-4,7-9,12,15-17H,5-6,10-11,13-14H2,(H,28,29). The molecule has 1 unspecified atom stereocenters. The summed E-state index contributed by atoms with van der Waals surface area (Å²) in [6.45, 7) is 1.68. The summed E-state index contributed by atoms with van der Waals surface area (Å²) in [7, 11) is 0. The number of fused-ring (bicyclic) bond motifs is 2. The van der Waals surface area contributed by atoms with Crippen LogP contribution in [0.1, 0.15) is 45.8 Å². The molecule has 2 aliphatic heterocycles. The molecule has 152 valence electrons. The Morgan fingerprint density at radius 1 is 1.20 bits per heavy atom. The third-order valence-corrected chi connectivity index (χ3v) is 6.26. The summed E-state index contributed by atoms with van der Waals surface area (Å²) in [5, 5.41) is 9.41. The van der Waals surface area contributed by atoms with Gasteiger partial charge in [0.15, 0.2) is 0 Å². The molecule has 0 bridgehead atoms. The molecule has 0 radical (unpaired) electrons. The Bertz CT molecular complexity index is 1100. The van der Waals surface area contributed by atoms with Crippen LogP contribution >= 0.6 is 0 Å². The highest BCUT2D eigenvalue weighted by molar-refractivity contribution is 5.89. The predicted molar refractivity (Wildman–Crippen MR) is 116 cm³/mol. The quantitative estimate of drug-likeness (QED) is 0.655. The van der Waals surface area contributed by atoms with Gasteiger partial charge in [-0.25, -0.2) is 4.79 Å². The van der Waals surface area contributed by atoms with Gasteiger partial charge in [-0.3, -0.25) is 4.98 Å². The van der Waals surface area contributed by atoms with E-state index in [9.17, 15) is 9.90 Å². The number of carboxylic acid groups (broad SMARTS) is 1. The zero-order valence-corrected chi connectivity index (χ0v) is 16.8. The number of aromatic carboxylic acids is 1. The van der Waals surface area contributed by atoms with Gasteiger partial charge < -0.3 is 14.7 Å². The average Bonchev–Trinajstić information content (AvgIpc) is 3.21. The maximum atomic E-state index is 11.5. The third kappa shape index (κ3) is 3.41. The van der Waals surface area contributed by atoms with Crippen molar-refractivity contribution in [1.82, 2.24) is 4.98 Å². The highest BCUT2D eigenvalue weighted by Crippen LogP contribution is 2.41. The van der Waals surface area contributed by atoms with Gasteiger partial charge in [0.2, 0.25) is 0 Å². The number of benzene rings is 2. The van der Waals surface area contributed by atoms with Crippen molar-refractivity contribution in [1.29, 1.82) is 0 Å². The molecule has 3 heterocycles. The number of hydrogen-bond acceptors (Lipinski definition) is 4. The van der Waals surface area contributed by atoms with Crippen LogP contribution in [0.4, 0.5) is 11.4 Å². The minimum atomic E-state index is -0.893. The van der Waals surface area contributed by atoms with Crippen LogP contribution in [0.5, 0.6) is 5.75 Å². The van der Waals surface area contributed by atoms with Crippen LogP contribution in [0.3, 0.4) is 0 Å². The molecule has 0 saturated heterocycles. The van der Waals surface area contributed by atoms with Gasteiger partial charge in [-0.05, 0) is 66.5 Å². The molecular weight excluding hydrogens is 376 g/mol. The van der Waals surface area contributed by atoms with Crippen molar-refractivity contribution in [2.45, 2.75) is 31.6 Å². The van der Waals surface area contributed by atoms with Gasteiger partial charge in [-0.15, -0.1) is 0 Å². The van der Waals surface area contributed by atoms with Gasteiger partial charge in [0.05, 0.1) is 12.2 Å². The Morgan fingerprint density at radius 3 is 3.00 bits per heavy atom. The van der Waals surface area contributed by atoms with E-state index in [0.29, 0.717) is 24.5 Å². The van der Waals surface area contributed by atoms with Crippen LogP contribution in [0.2, 0.25) is 0 Å². The summed E-state index contributed by atoms with van der Waals surface area (Å²) in [5.41, 5.74) is 6.20. The largest absolute Gasteiger partial charge is 0.493 e. The number of para-hydroxylation sites is 1. The van der Waals surface area contributed by atoms with Gasteiger partial charge in [-0.1, -0.05) is 24.3 Å². The molecule has 2 aliphatic rings. The fraction of sp³-hybridized carbons (Fsp3) is 0.280. The van der Waals surface area contributed by atoms with E-state index in [1.807, 2.05) is 0 Å². The number of carbonyl (C=O) groups is 1. The van der Waals surface area contributed by atoms with E-state index in [4.69, 9.17) is 4.74 Å². The molecule has 1 atom stereocenters. The number of aromatic nitrogens is 1. The second-order valence-electron chi connectivity index (χ2n) is 7.96. The van der Waals surface area contributed by atoms with Gasteiger partial charge in [-0.2, -0.15) is 0 Å². The number of nitrogens with zero attached hydrogens (tertiary/aromatic N) is 2. The van der Waals surface area contributed by atoms with Crippen LogP contribution in [0.15, 0.2) is 60.9 Å². The number of pyridine rings is 1.